The van der Waals surface area contributed by atoms with Crippen LogP contribution in [0.5, 0.6) is 0 Å². The van der Waals surface area contributed by atoms with Gasteiger partial charge in [-0.05, 0) is 54.2 Å². The summed E-state index contributed by atoms with van der Waals surface area (Å²) in [4.78, 5) is 4.61. The summed E-state index contributed by atoms with van der Waals surface area (Å²) in [5.41, 5.74) is 5.77. The second-order valence-corrected chi connectivity index (χ2v) is 7.48. The summed E-state index contributed by atoms with van der Waals surface area (Å²) in [5, 5.41) is 0. The Morgan fingerprint density at radius 3 is 2.46 bits per heavy atom. The third kappa shape index (κ3) is 4.59. The lowest BCUT2D eigenvalue weighted by Crippen LogP contribution is -2.19. The molecule has 1 nitrogen and oxygen atoms in total. The highest BCUT2D eigenvalue weighted by atomic mass is 14.7. The van der Waals surface area contributed by atoms with Crippen LogP contribution in [0.4, 0.5) is 0 Å². The molecule has 1 aliphatic carbocycles. The Morgan fingerprint density at radius 2 is 1.88 bits per heavy atom. The number of rotatable bonds is 6. The van der Waals surface area contributed by atoms with E-state index in [2.05, 4.69) is 63.0 Å². The number of hydrogen-bond acceptors (Lipinski definition) is 1. The van der Waals surface area contributed by atoms with E-state index in [1.165, 1.54) is 54.5 Å². The topological polar surface area (TPSA) is 12.4 Å². The fraction of sp³-hybridized carbons (Fsp3) is 0.609. The van der Waals surface area contributed by atoms with Crippen LogP contribution in [0.1, 0.15) is 89.2 Å². The number of nitrogens with zero attached hydrogens (tertiary/aromatic N) is 1. The normalized spacial score (nSPS) is 24.3. The van der Waals surface area contributed by atoms with E-state index in [4.69, 9.17) is 0 Å². The van der Waals surface area contributed by atoms with Gasteiger partial charge in [0.15, 0.2) is 0 Å². The Labute approximate surface area is 149 Å². The highest BCUT2D eigenvalue weighted by Gasteiger charge is 2.25. The maximum atomic E-state index is 4.61. The lowest BCUT2D eigenvalue weighted by atomic mass is 9.77. The molecule has 0 heterocycles. The van der Waals surface area contributed by atoms with E-state index >= 15 is 0 Å². The van der Waals surface area contributed by atoms with E-state index in [0.717, 1.165) is 6.42 Å². The second kappa shape index (κ2) is 9.20. The van der Waals surface area contributed by atoms with Crippen molar-refractivity contribution >= 4 is 5.71 Å². The van der Waals surface area contributed by atoms with E-state index in [1.54, 1.807) is 0 Å². The highest BCUT2D eigenvalue weighted by Crippen LogP contribution is 2.37. The fourth-order valence-corrected chi connectivity index (χ4v) is 3.85. The summed E-state index contributed by atoms with van der Waals surface area (Å²) in [6.07, 6.45) is 9.86. The van der Waals surface area contributed by atoms with Gasteiger partial charge in [-0.15, -0.1) is 0 Å². The van der Waals surface area contributed by atoms with Crippen LogP contribution in [0.3, 0.4) is 0 Å². The molecule has 1 aromatic carbocycles. The SMILES string of the molecule is CCCC(C)c1ccc(C2CCCC(=NC)C2=CC(C)CC)cc1. The lowest BCUT2D eigenvalue weighted by Gasteiger charge is -2.28. The predicted octanol–water partition coefficient (Wildman–Crippen LogP) is 6.90. The van der Waals surface area contributed by atoms with Gasteiger partial charge in [0.05, 0.1) is 0 Å². The zero-order valence-corrected chi connectivity index (χ0v) is 16.3. The van der Waals surface area contributed by atoms with Crippen LogP contribution in [0, 0.1) is 5.92 Å². The first-order chi connectivity index (χ1) is 11.6. The molecular formula is C23H35N. The number of allylic oxidation sites excluding steroid dienone is 2. The maximum absolute atomic E-state index is 4.61. The standard InChI is InChI=1S/C23H35N/c1-6-9-18(4)19-12-14-20(15-13-19)21-10-8-11-23(24-5)22(21)16-17(3)7-2/h12-18,21H,6-11H2,1-5H3. The summed E-state index contributed by atoms with van der Waals surface area (Å²) < 4.78 is 0. The minimum Gasteiger partial charge on any atom is -0.293 e. The average Bonchev–Trinajstić information content (AvgIpc) is 2.62. The van der Waals surface area contributed by atoms with Crippen LogP contribution in [0.2, 0.25) is 0 Å². The van der Waals surface area contributed by atoms with Crippen molar-refractivity contribution in [2.75, 3.05) is 7.05 Å². The van der Waals surface area contributed by atoms with E-state index in [1.807, 2.05) is 7.05 Å². The largest absolute Gasteiger partial charge is 0.293 e. The van der Waals surface area contributed by atoms with Gasteiger partial charge >= 0.3 is 0 Å². The first-order valence-corrected chi connectivity index (χ1v) is 9.88. The van der Waals surface area contributed by atoms with Crippen LogP contribution >= 0.6 is 0 Å². The molecule has 1 saturated carbocycles. The van der Waals surface area contributed by atoms with Crippen molar-refractivity contribution in [2.24, 2.45) is 10.9 Å². The van der Waals surface area contributed by atoms with Crippen LogP contribution in [-0.4, -0.2) is 12.8 Å². The molecule has 24 heavy (non-hydrogen) atoms. The van der Waals surface area contributed by atoms with Crippen molar-refractivity contribution in [3.63, 3.8) is 0 Å². The predicted molar refractivity (Wildman–Crippen MR) is 107 cm³/mol. The molecule has 0 saturated heterocycles. The summed E-state index contributed by atoms with van der Waals surface area (Å²) >= 11 is 0. The van der Waals surface area contributed by atoms with E-state index < -0.39 is 0 Å². The highest BCUT2D eigenvalue weighted by molar-refractivity contribution is 6.02. The van der Waals surface area contributed by atoms with Gasteiger partial charge in [-0.3, -0.25) is 4.99 Å². The van der Waals surface area contributed by atoms with Gasteiger partial charge < -0.3 is 0 Å². The van der Waals surface area contributed by atoms with E-state index in [0.29, 0.717) is 17.8 Å². The smallest absolute Gasteiger partial charge is 0.0379 e. The molecule has 1 heteroatoms. The van der Waals surface area contributed by atoms with Crippen molar-refractivity contribution in [3.05, 3.63) is 47.0 Å². The number of aliphatic imine (C=N–C) groups is 1. The Balaban J connectivity index is 2.28. The monoisotopic (exact) mass is 325 g/mol. The van der Waals surface area contributed by atoms with Crippen molar-refractivity contribution in [2.45, 2.75) is 78.1 Å². The molecule has 1 fully saturated rings. The molecule has 0 aliphatic heterocycles. The van der Waals surface area contributed by atoms with Gasteiger partial charge in [0.25, 0.3) is 0 Å². The Kier molecular flexibility index (Phi) is 7.27. The molecule has 0 spiro atoms. The summed E-state index contributed by atoms with van der Waals surface area (Å²) in [5.74, 6) is 1.82. The first kappa shape index (κ1) is 19.0. The summed E-state index contributed by atoms with van der Waals surface area (Å²) in [7, 11) is 1.96. The Bertz CT molecular complexity index is 564. The zero-order chi connectivity index (χ0) is 17.5. The first-order valence-electron chi connectivity index (χ1n) is 9.88. The summed E-state index contributed by atoms with van der Waals surface area (Å²) in [6, 6.07) is 9.45. The average molecular weight is 326 g/mol. The van der Waals surface area contributed by atoms with Gasteiger partial charge in [-0.1, -0.05) is 70.9 Å². The molecular weight excluding hydrogens is 290 g/mol. The van der Waals surface area contributed by atoms with Gasteiger partial charge in [0, 0.05) is 18.7 Å². The van der Waals surface area contributed by atoms with E-state index in [9.17, 15) is 0 Å². The third-order valence-electron chi connectivity index (χ3n) is 5.62. The molecule has 3 unspecified atom stereocenters. The van der Waals surface area contributed by atoms with Crippen LogP contribution in [-0.2, 0) is 0 Å². The molecule has 0 amide bonds. The van der Waals surface area contributed by atoms with Crippen molar-refractivity contribution in [1.29, 1.82) is 0 Å². The molecule has 1 aromatic rings. The van der Waals surface area contributed by atoms with Crippen molar-refractivity contribution in [1.82, 2.24) is 0 Å². The molecule has 2 rings (SSSR count). The second-order valence-electron chi connectivity index (χ2n) is 7.48. The molecule has 0 bridgehead atoms. The van der Waals surface area contributed by atoms with Crippen LogP contribution in [0.15, 0.2) is 40.9 Å². The van der Waals surface area contributed by atoms with Gasteiger partial charge in [-0.25, -0.2) is 0 Å². The quantitative estimate of drug-likeness (QED) is 0.539. The van der Waals surface area contributed by atoms with Crippen molar-refractivity contribution in [3.8, 4) is 0 Å². The maximum Gasteiger partial charge on any atom is 0.0379 e. The van der Waals surface area contributed by atoms with E-state index in [-0.39, 0.29) is 0 Å². The Morgan fingerprint density at radius 1 is 1.17 bits per heavy atom. The molecule has 0 aromatic heterocycles. The Hall–Kier alpha value is -1.37. The fourth-order valence-electron chi connectivity index (χ4n) is 3.85. The van der Waals surface area contributed by atoms with Gasteiger partial charge in [-0.2, -0.15) is 0 Å². The number of benzene rings is 1. The molecule has 1 aliphatic rings. The van der Waals surface area contributed by atoms with Crippen LogP contribution < -0.4 is 0 Å². The molecule has 0 N–H and O–H groups in total. The molecule has 0 radical (unpaired) electrons. The lowest BCUT2D eigenvalue weighted by molar-refractivity contribution is 0.627. The third-order valence-corrected chi connectivity index (χ3v) is 5.62. The van der Waals surface area contributed by atoms with Gasteiger partial charge in [0.1, 0.15) is 0 Å². The number of hydrogen-bond donors (Lipinski definition) is 0. The zero-order valence-electron chi connectivity index (χ0n) is 16.3. The minimum absolute atomic E-state index is 0.530. The van der Waals surface area contributed by atoms with Gasteiger partial charge in [0.2, 0.25) is 0 Å². The minimum atomic E-state index is 0.530. The molecule has 132 valence electrons. The molecule has 3 atom stereocenters. The summed E-state index contributed by atoms with van der Waals surface area (Å²) in [6.45, 7) is 9.20. The van der Waals surface area contributed by atoms with Crippen molar-refractivity contribution < 1.29 is 0 Å². The van der Waals surface area contributed by atoms with Crippen LogP contribution in [0.25, 0.3) is 0 Å².